The van der Waals surface area contributed by atoms with Crippen molar-refractivity contribution >= 4 is 17.9 Å². The van der Waals surface area contributed by atoms with Crippen molar-refractivity contribution in [2.75, 3.05) is 33.0 Å². The summed E-state index contributed by atoms with van der Waals surface area (Å²) in [5.74, 6) is 0.620. The Morgan fingerprint density at radius 3 is 2.68 bits per heavy atom. The summed E-state index contributed by atoms with van der Waals surface area (Å²) in [5.41, 5.74) is 9.32. The molecule has 1 aromatic heterocycles. The zero-order valence-electron chi connectivity index (χ0n) is 18.9. The van der Waals surface area contributed by atoms with Gasteiger partial charge in [0, 0.05) is 31.4 Å². The van der Waals surface area contributed by atoms with Gasteiger partial charge < -0.3 is 25.6 Å². The van der Waals surface area contributed by atoms with Gasteiger partial charge in [-0.25, -0.2) is 0 Å². The summed E-state index contributed by atoms with van der Waals surface area (Å²) in [5, 5.41) is 21.3. The molecule has 0 unspecified atom stereocenters. The second-order valence-electron chi connectivity index (χ2n) is 7.13. The molecule has 0 radical (unpaired) electrons. The van der Waals surface area contributed by atoms with Crippen LogP contribution in [-0.4, -0.2) is 49.5 Å². The van der Waals surface area contributed by atoms with Crippen LogP contribution in [0, 0.1) is 11.3 Å². The van der Waals surface area contributed by atoms with Crippen molar-refractivity contribution in [2.45, 2.75) is 6.61 Å². The van der Waals surface area contributed by atoms with Gasteiger partial charge in [-0.3, -0.25) is 9.79 Å². The van der Waals surface area contributed by atoms with Crippen molar-refractivity contribution in [2.24, 2.45) is 4.99 Å². The minimum absolute atomic E-state index is 0.0282. The topological polar surface area (TPSA) is 143 Å². The van der Waals surface area contributed by atoms with Gasteiger partial charge in [-0.15, -0.1) is 0 Å². The molecule has 0 saturated heterocycles. The van der Waals surface area contributed by atoms with E-state index in [0.717, 1.165) is 5.56 Å². The third-order valence-corrected chi connectivity index (χ3v) is 4.89. The zero-order chi connectivity index (χ0) is 24.5. The molecule has 3 aromatic rings. The Balaban J connectivity index is 2.02. The van der Waals surface area contributed by atoms with Gasteiger partial charge in [-0.1, -0.05) is 24.3 Å². The molecule has 0 spiro atoms. The predicted octanol–water partition coefficient (Wildman–Crippen LogP) is 2.56. The molecular weight excluding hydrogens is 434 g/mol. The van der Waals surface area contributed by atoms with Gasteiger partial charge in [0.1, 0.15) is 36.4 Å². The third-order valence-electron chi connectivity index (χ3n) is 4.89. The lowest BCUT2D eigenvalue weighted by atomic mass is 9.96. The molecule has 0 fully saturated rings. The number of amides is 1. The van der Waals surface area contributed by atoms with E-state index in [4.69, 9.17) is 20.3 Å². The van der Waals surface area contributed by atoms with Crippen LogP contribution in [0.1, 0.15) is 27.0 Å². The second-order valence-corrected chi connectivity index (χ2v) is 7.13. The number of nitrogens with one attached hydrogen (secondary N) is 1. The first-order chi connectivity index (χ1) is 16.5. The SMILES string of the molecule is CN=Cc1c(OCc2cccc(C(=O)NC)c2)nc(N)c(C#N)c1-c1ccc(OCCO)cc1. The van der Waals surface area contributed by atoms with E-state index in [1.165, 1.54) is 0 Å². The number of nitriles is 1. The number of nitrogen functional groups attached to an aromatic ring is 1. The monoisotopic (exact) mass is 459 g/mol. The van der Waals surface area contributed by atoms with Crippen molar-refractivity contribution < 1.29 is 19.4 Å². The Kier molecular flexibility index (Phi) is 8.16. The summed E-state index contributed by atoms with van der Waals surface area (Å²) < 4.78 is 11.4. The van der Waals surface area contributed by atoms with Gasteiger partial charge in [0.2, 0.25) is 5.88 Å². The van der Waals surface area contributed by atoms with Crippen LogP contribution >= 0.6 is 0 Å². The number of carbonyl (C=O) groups is 1. The van der Waals surface area contributed by atoms with Crippen molar-refractivity contribution in [3.05, 3.63) is 70.8 Å². The molecule has 1 amide bonds. The average Bonchev–Trinajstić information content (AvgIpc) is 2.87. The van der Waals surface area contributed by atoms with E-state index in [2.05, 4.69) is 21.4 Å². The average molecular weight is 460 g/mol. The van der Waals surface area contributed by atoms with E-state index in [9.17, 15) is 10.1 Å². The molecule has 0 aliphatic heterocycles. The van der Waals surface area contributed by atoms with Gasteiger partial charge in [-0.2, -0.15) is 10.2 Å². The number of aliphatic hydroxyl groups is 1. The number of nitrogens with zero attached hydrogens (tertiary/aromatic N) is 3. The molecule has 174 valence electrons. The minimum Gasteiger partial charge on any atom is -0.491 e. The van der Waals surface area contributed by atoms with Gasteiger partial charge in [0.05, 0.1) is 12.2 Å². The number of aliphatic imine (C=N–C) groups is 1. The number of aromatic nitrogens is 1. The lowest BCUT2D eigenvalue weighted by Crippen LogP contribution is -2.18. The molecule has 2 aromatic carbocycles. The summed E-state index contributed by atoms with van der Waals surface area (Å²) in [7, 11) is 3.17. The van der Waals surface area contributed by atoms with Gasteiger partial charge in [0.15, 0.2) is 0 Å². The highest BCUT2D eigenvalue weighted by Gasteiger charge is 2.20. The van der Waals surface area contributed by atoms with Gasteiger partial charge >= 0.3 is 0 Å². The number of hydrogen-bond acceptors (Lipinski definition) is 8. The molecule has 34 heavy (non-hydrogen) atoms. The number of rotatable bonds is 9. The van der Waals surface area contributed by atoms with Crippen LogP contribution in [0.5, 0.6) is 11.6 Å². The second kappa shape index (κ2) is 11.4. The fraction of sp³-hybridized carbons (Fsp3) is 0.200. The van der Waals surface area contributed by atoms with Gasteiger partial charge in [0.25, 0.3) is 5.91 Å². The lowest BCUT2D eigenvalue weighted by Gasteiger charge is -2.16. The number of pyridine rings is 1. The number of ether oxygens (including phenoxy) is 2. The van der Waals surface area contributed by atoms with E-state index >= 15 is 0 Å². The Morgan fingerprint density at radius 1 is 1.26 bits per heavy atom. The minimum atomic E-state index is -0.199. The van der Waals surface area contributed by atoms with E-state index in [1.807, 2.05) is 6.07 Å². The van der Waals surface area contributed by atoms with Crippen LogP contribution < -0.4 is 20.5 Å². The maximum Gasteiger partial charge on any atom is 0.251 e. The predicted molar refractivity (Wildman–Crippen MR) is 129 cm³/mol. The number of benzene rings is 2. The number of hydrogen-bond donors (Lipinski definition) is 3. The number of anilines is 1. The van der Waals surface area contributed by atoms with Crippen LogP contribution in [0.25, 0.3) is 11.1 Å². The normalized spacial score (nSPS) is 10.6. The maximum absolute atomic E-state index is 11.9. The van der Waals surface area contributed by atoms with Crippen molar-refractivity contribution in [1.29, 1.82) is 5.26 Å². The highest BCUT2D eigenvalue weighted by molar-refractivity contribution is 5.97. The van der Waals surface area contributed by atoms with Crippen LogP contribution in [0.3, 0.4) is 0 Å². The molecule has 9 nitrogen and oxygen atoms in total. The molecule has 0 bridgehead atoms. The summed E-state index contributed by atoms with van der Waals surface area (Å²) in [6.45, 7) is 0.212. The van der Waals surface area contributed by atoms with E-state index in [1.54, 1.807) is 62.8 Å². The summed E-state index contributed by atoms with van der Waals surface area (Å²) >= 11 is 0. The standard InChI is InChI=1S/C25H25N5O4/c1-28-14-21-22(17-6-8-19(9-7-17)33-11-10-31)20(13-26)23(27)30-25(21)34-15-16-4-3-5-18(12-16)24(32)29-2/h3-9,12,14,31H,10-11,15H2,1-2H3,(H2,27,30)(H,29,32). The van der Waals surface area contributed by atoms with Crippen LogP contribution in [0.4, 0.5) is 5.82 Å². The fourth-order valence-electron chi connectivity index (χ4n) is 3.35. The van der Waals surface area contributed by atoms with E-state index in [-0.39, 0.29) is 43.0 Å². The fourth-order valence-corrected chi connectivity index (χ4v) is 3.35. The summed E-state index contributed by atoms with van der Waals surface area (Å²) in [6.07, 6.45) is 1.56. The molecule has 0 aliphatic carbocycles. The van der Waals surface area contributed by atoms with Crippen LogP contribution in [-0.2, 0) is 6.61 Å². The Morgan fingerprint density at radius 2 is 2.03 bits per heavy atom. The van der Waals surface area contributed by atoms with E-state index in [0.29, 0.717) is 28.0 Å². The van der Waals surface area contributed by atoms with Crippen LogP contribution in [0.2, 0.25) is 0 Å². The van der Waals surface area contributed by atoms with Crippen LogP contribution in [0.15, 0.2) is 53.5 Å². The Labute approximate surface area is 197 Å². The molecule has 9 heteroatoms. The smallest absolute Gasteiger partial charge is 0.251 e. The Bertz CT molecular complexity index is 1230. The molecule has 0 atom stereocenters. The molecule has 3 rings (SSSR count). The highest BCUT2D eigenvalue weighted by Crippen LogP contribution is 2.35. The first-order valence-corrected chi connectivity index (χ1v) is 10.5. The van der Waals surface area contributed by atoms with Crippen molar-refractivity contribution in [1.82, 2.24) is 10.3 Å². The lowest BCUT2D eigenvalue weighted by molar-refractivity contribution is 0.0963. The number of nitrogens with two attached hydrogens (primary N) is 1. The largest absolute Gasteiger partial charge is 0.491 e. The van der Waals surface area contributed by atoms with Crippen molar-refractivity contribution in [3.8, 4) is 28.8 Å². The molecule has 1 heterocycles. The summed E-state index contributed by atoms with van der Waals surface area (Å²) in [6, 6.07) is 16.2. The quantitative estimate of drug-likeness (QED) is 0.417. The maximum atomic E-state index is 11.9. The van der Waals surface area contributed by atoms with E-state index < -0.39 is 0 Å². The molecule has 0 saturated carbocycles. The van der Waals surface area contributed by atoms with Crippen molar-refractivity contribution in [3.63, 3.8) is 0 Å². The zero-order valence-corrected chi connectivity index (χ0v) is 18.9. The first-order valence-electron chi connectivity index (χ1n) is 10.5. The molecule has 4 N–H and O–H groups in total. The number of aliphatic hydroxyl groups excluding tert-OH is 1. The molecular formula is C25H25N5O4. The molecule has 0 aliphatic rings. The third kappa shape index (κ3) is 5.49. The Hall–Kier alpha value is -4.42. The van der Waals surface area contributed by atoms with Gasteiger partial charge in [-0.05, 0) is 35.4 Å². The number of carbonyl (C=O) groups excluding carboxylic acids is 1. The summed E-state index contributed by atoms with van der Waals surface area (Å²) in [4.78, 5) is 20.4. The highest BCUT2D eigenvalue weighted by atomic mass is 16.5. The first kappa shape index (κ1) is 24.2.